The molecule has 0 fully saturated rings. The van der Waals surface area contributed by atoms with Crippen LogP contribution < -0.4 is 0 Å². The molecule has 0 aliphatic carbocycles. The topological polar surface area (TPSA) is 69.1 Å². The summed E-state index contributed by atoms with van der Waals surface area (Å²) in [5.74, 6) is 1.11. The second-order valence-corrected chi connectivity index (χ2v) is 5.78. The summed E-state index contributed by atoms with van der Waals surface area (Å²) in [6, 6.07) is 23.9. The van der Waals surface area contributed by atoms with Crippen molar-refractivity contribution in [3.05, 3.63) is 78.9 Å². The van der Waals surface area contributed by atoms with E-state index in [1.165, 1.54) is 0 Å². The zero-order valence-electron chi connectivity index (χ0n) is 13.3. The molecular formula is C21H16N2O2. The van der Waals surface area contributed by atoms with E-state index in [0.717, 1.165) is 33.9 Å². The Balaban J connectivity index is 1.93. The fraction of sp³-hybridized carbons (Fsp3) is 0. The van der Waals surface area contributed by atoms with Crippen LogP contribution in [0.3, 0.4) is 0 Å². The minimum atomic E-state index is 0.184. The van der Waals surface area contributed by atoms with Crippen LogP contribution >= 0.6 is 0 Å². The third kappa shape index (κ3) is 2.97. The maximum Gasteiger partial charge on any atom is 0.138 e. The first kappa shape index (κ1) is 15.0. The molecule has 25 heavy (non-hydrogen) atoms. The zero-order valence-corrected chi connectivity index (χ0v) is 13.3. The third-order valence-electron chi connectivity index (χ3n) is 4.01. The largest absolute Gasteiger partial charge is 0.508 e. The van der Waals surface area contributed by atoms with Crippen LogP contribution in [0.2, 0.25) is 0 Å². The Morgan fingerprint density at radius 2 is 1.24 bits per heavy atom. The van der Waals surface area contributed by atoms with Gasteiger partial charge in [0.1, 0.15) is 17.3 Å². The van der Waals surface area contributed by atoms with Gasteiger partial charge in [-0.05, 0) is 24.3 Å². The Morgan fingerprint density at radius 3 is 1.92 bits per heavy atom. The van der Waals surface area contributed by atoms with Crippen LogP contribution in [0.5, 0.6) is 11.5 Å². The highest BCUT2D eigenvalue weighted by Gasteiger charge is 2.16. The van der Waals surface area contributed by atoms with Gasteiger partial charge in [0, 0.05) is 16.7 Å². The third-order valence-corrected chi connectivity index (χ3v) is 4.01. The van der Waals surface area contributed by atoms with Gasteiger partial charge in [-0.2, -0.15) is 0 Å². The molecule has 1 heterocycles. The van der Waals surface area contributed by atoms with Crippen LogP contribution in [-0.2, 0) is 0 Å². The number of nitrogens with zero attached hydrogens (tertiary/aromatic N) is 1. The lowest BCUT2D eigenvalue weighted by atomic mass is 10.0. The monoisotopic (exact) mass is 328 g/mol. The fourth-order valence-electron chi connectivity index (χ4n) is 2.84. The van der Waals surface area contributed by atoms with Gasteiger partial charge in [-0.1, -0.05) is 54.6 Å². The minimum absolute atomic E-state index is 0.184. The molecule has 0 amide bonds. The van der Waals surface area contributed by atoms with E-state index < -0.39 is 0 Å². The number of aromatic amines is 1. The number of aromatic nitrogens is 2. The average Bonchev–Trinajstić information content (AvgIpc) is 3.08. The molecule has 4 aromatic rings. The quantitative estimate of drug-likeness (QED) is 0.505. The van der Waals surface area contributed by atoms with Crippen molar-refractivity contribution in [1.82, 2.24) is 9.97 Å². The van der Waals surface area contributed by atoms with E-state index in [1.807, 2.05) is 42.5 Å². The molecule has 0 unspecified atom stereocenters. The smallest absolute Gasteiger partial charge is 0.138 e. The fourth-order valence-corrected chi connectivity index (χ4v) is 2.84. The van der Waals surface area contributed by atoms with Crippen molar-refractivity contribution >= 4 is 0 Å². The Bertz CT molecular complexity index is 960. The van der Waals surface area contributed by atoms with Gasteiger partial charge in [-0.15, -0.1) is 0 Å². The maximum atomic E-state index is 9.83. The van der Waals surface area contributed by atoms with Crippen LogP contribution in [0.4, 0.5) is 0 Å². The van der Waals surface area contributed by atoms with Gasteiger partial charge in [-0.3, -0.25) is 0 Å². The highest BCUT2D eigenvalue weighted by Crippen LogP contribution is 2.35. The van der Waals surface area contributed by atoms with E-state index in [2.05, 4.69) is 4.98 Å². The first-order valence-corrected chi connectivity index (χ1v) is 7.95. The van der Waals surface area contributed by atoms with Gasteiger partial charge in [0.25, 0.3) is 0 Å². The van der Waals surface area contributed by atoms with Gasteiger partial charge in [0.05, 0.1) is 11.4 Å². The van der Waals surface area contributed by atoms with E-state index in [9.17, 15) is 10.2 Å². The van der Waals surface area contributed by atoms with Crippen molar-refractivity contribution in [2.75, 3.05) is 0 Å². The number of phenolic OH excluding ortho intramolecular Hbond substituents is 2. The molecule has 0 aliphatic rings. The highest BCUT2D eigenvalue weighted by atomic mass is 16.3. The predicted molar refractivity (Wildman–Crippen MR) is 98.2 cm³/mol. The maximum absolute atomic E-state index is 9.83. The van der Waals surface area contributed by atoms with Crippen LogP contribution in [0, 0.1) is 0 Å². The zero-order chi connectivity index (χ0) is 17.2. The Morgan fingerprint density at radius 1 is 0.640 bits per heavy atom. The Labute approximate surface area is 145 Å². The molecule has 4 nitrogen and oxygen atoms in total. The van der Waals surface area contributed by atoms with Crippen molar-refractivity contribution in [1.29, 1.82) is 0 Å². The summed E-state index contributed by atoms with van der Waals surface area (Å²) in [5, 5.41) is 19.7. The predicted octanol–water partition coefficient (Wildman–Crippen LogP) is 4.82. The van der Waals surface area contributed by atoms with E-state index in [4.69, 9.17) is 4.98 Å². The lowest BCUT2D eigenvalue weighted by Crippen LogP contribution is -1.83. The molecule has 0 bridgehead atoms. The van der Waals surface area contributed by atoms with Crippen LogP contribution in [-0.4, -0.2) is 20.2 Å². The number of benzene rings is 3. The number of imidazole rings is 1. The normalized spacial score (nSPS) is 10.7. The number of aromatic hydroxyl groups is 2. The second kappa shape index (κ2) is 6.17. The molecule has 3 N–H and O–H groups in total. The summed E-state index contributed by atoms with van der Waals surface area (Å²) in [5.41, 5.74) is 4.11. The van der Waals surface area contributed by atoms with E-state index in [0.29, 0.717) is 0 Å². The first-order chi connectivity index (χ1) is 12.2. The number of nitrogens with one attached hydrogen (secondary N) is 1. The lowest BCUT2D eigenvalue weighted by molar-refractivity contribution is 0.475. The highest BCUT2D eigenvalue weighted by molar-refractivity contribution is 5.82. The number of H-pyrrole nitrogens is 1. The van der Waals surface area contributed by atoms with E-state index in [1.54, 1.807) is 36.4 Å². The van der Waals surface area contributed by atoms with Gasteiger partial charge in [-0.25, -0.2) is 4.98 Å². The summed E-state index contributed by atoms with van der Waals surface area (Å²) < 4.78 is 0. The molecule has 4 rings (SSSR count). The summed E-state index contributed by atoms with van der Waals surface area (Å²) in [7, 11) is 0. The summed E-state index contributed by atoms with van der Waals surface area (Å²) in [6.07, 6.45) is 0. The second-order valence-electron chi connectivity index (χ2n) is 5.78. The van der Waals surface area contributed by atoms with Crippen molar-refractivity contribution in [3.63, 3.8) is 0 Å². The Hall–Kier alpha value is -3.53. The van der Waals surface area contributed by atoms with Crippen molar-refractivity contribution in [3.8, 4) is 45.4 Å². The molecular weight excluding hydrogens is 312 g/mol. The van der Waals surface area contributed by atoms with Gasteiger partial charge in [0.15, 0.2) is 0 Å². The van der Waals surface area contributed by atoms with Crippen molar-refractivity contribution in [2.45, 2.75) is 0 Å². The van der Waals surface area contributed by atoms with Crippen LogP contribution in [0.15, 0.2) is 78.9 Å². The molecule has 1 aromatic heterocycles. The van der Waals surface area contributed by atoms with E-state index in [-0.39, 0.29) is 11.5 Å². The van der Waals surface area contributed by atoms with Gasteiger partial charge in [0.2, 0.25) is 0 Å². The van der Waals surface area contributed by atoms with Crippen LogP contribution in [0.1, 0.15) is 0 Å². The average molecular weight is 328 g/mol. The number of hydrogen-bond donors (Lipinski definition) is 3. The summed E-state index contributed by atoms with van der Waals surface area (Å²) >= 11 is 0. The molecule has 122 valence electrons. The molecule has 4 heteroatoms. The molecule has 0 atom stereocenters. The molecule has 0 saturated carbocycles. The van der Waals surface area contributed by atoms with Crippen molar-refractivity contribution < 1.29 is 10.2 Å². The summed E-state index contributed by atoms with van der Waals surface area (Å²) in [6.45, 7) is 0. The number of rotatable bonds is 3. The van der Waals surface area contributed by atoms with Crippen LogP contribution in [0.25, 0.3) is 33.9 Å². The molecule has 0 spiro atoms. The standard InChI is InChI=1S/C21H16N2O2/c24-17-10-4-8-15(12-17)19-20(16-9-5-11-18(25)13-16)23-21(22-19)14-6-2-1-3-7-14/h1-13,24-25H,(H,22,23). The minimum Gasteiger partial charge on any atom is -0.508 e. The first-order valence-electron chi connectivity index (χ1n) is 7.95. The summed E-state index contributed by atoms with van der Waals surface area (Å²) in [4.78, 5) is 8.11. The number of phenols is 2. The molecule has 0 saturated heterocycles. The lowest BCUT2D eigenvalue weighted by Gasteiger charge is -2.04. The SMILES string of the molecule is Oc1cccc(-c2nc(-c3ccccc3)[nH]c2-c2cccc(O)c2)c1. The molecule has 0 aliphatic heterocycles. The Kier molecular flexibility index (Phi) is 3.71. The number of hydrogen-bond acceptors (Lipinski definition) is 3. The van der Waals surface area contributed by atoms with Crippen molar-refractivity contribution in [2.24, 2.45) is 0 Å². The van der Waals surface area contributed by atoms with Gasteiger partial charge >= 0.3 is 0 Å². The molecule has 0 radical (unpaired) electrons. The van der Waals surface area contributed by atoms with E-state index >= 15 is 0 Å². The van der Waals surface area contributed by atoms with Gasteiger partial charge < -0.3 is 15.2 Å². The molecule has 3 aromatic carbocycles.